The maximum atomic E-state index is 2.69. The van der Waals surface area contributed by atoms with E-state index in [2.05, 4.69) is 59.5 Å². The molecule has 1 unspecified atom stereocenters. The Kier molecular flexibility index (Phi) is 2.66. The Balaban J connectivity index is 1.40. The first-order chi connectivity index (χ1) is 9.40. The topological polar surface area (TPSA) is 3.01 Å². The molecule has 1 aliphatic heterocycles. The van der Waals surface area contributed by atoms with Crippen LogP contribution in [0, 0.1) is 0 Å². The second-order valence-electron chi connectivity index (χ2n) is 5.87. The van der Waals surface area contributed by atoms with E-state index in [1.54, 1.807) is 11.1 Å². The number of fused-ring (bicyclic) bond motifs is 1. The highest BCUT2D eigenvalue weighted by molar-refractivity contribution is 5.34. The van der Waals surface area contributed by atoms with Crippen LogP contribution >= 0.6 is 0 Å². The number of benzene rings is 2. The summed E-state index contributed by atoms with van der Waals surface area (Å²) < 4.78 is 0. The van der Waals surface area contributed by atoms with Gasteiger partial charge in [0.15, 0.2) is 0 Å². The minimum Gasteiger partial charge on any atom is -0.294 e. The second-order valence-corrected chi connectivity index (χ2v) is 5.87. The van der Waals surface area contributed by atoms with E-state index in [9.17, 15) is 0 Å². The molecule has 1 heterocycles. The first kappa shape index (κ1) is 11.2. The van der Waals surface area contributed by atoms with Crippen LogP contribution in [0.1, 0.15) is 16.7 Å². The molecule has 1 nitrogen and oxygen atoms in total. The molecule has 0 aromatic heterocycles. The predicted molar refractivity (Wildman–Crippen MR) is 78.3 cm³/mol. The number of hydrogen-bond donors (Lipinski definition) is 0. The van der Waals surface area contributed by atoms with Crippen molar-refractivity contribution in [3.8, 4) is 0 Å². The average molecular weight is 249 g/mol. The first-order valence-corrected chi connectivity index (χ1v) is 7.26. The lowest BCUT2D eigenvalue weighted by molar-refractivity contribution is 0.380. The van der Waals surface area contributed by atoms with Crippen molar-refractivity contribution in [1.29, 1.82) is 0 Å². The predicted octanol–water partition coefficient (Wildman–Crippen LogP) is 3.08. The number of hydrogen-bond acceptors (Lipinski definition) is 1. The zero-order valence-electron chi connectivity index (χ0n) is 11.1. The monoisotopic (exact) mass is 249 g/mol. The molecule has 2 aliphatic rings. The Morgan fingerprint density at radius 1 is 0.842 bits per heavy atom. The fourth-order valence-electron chi connectivity index (χ4n) is 3.48. The molecule has 0 amide bonds. The summed E-state index contributed by atoms with van der Waals surface area (Å²) >= 11 is 0. The van der Waals surface area contributed by atoms with E-state index >= 15 is 0 Å². The van der Waals surface area contributed by atoms with Crippen LogP contribution in [0.15, 0.2) is 54.6 Å². The standard InChI is InChI=1S/C18H19N/c1-2-6-14(7-3-1)10-18-13-19(18)17-11-15-8-4-5-9-16(15)12-17/h1-9,17-18H,10-13H2/t18-,19?/m1/s1. The summed E-state index contributed by atoms with van der Waals surface area (Å²) in [6.45, 7) is 1.29. The van der Waals surface area contributed by atoms with E-state index < -0.39 is 0 Å². The van der Waals surface area contributed by atoms with Crippen LogP contribution in [0.4, 0.5) is 0 Å². The Labute approximate surface area is 114 Å². The third-order valence-electron chi connectivity index (χ3n) is 4.57. The van der Waals surface area contributed by atoms with Crippen molar-refractivity contribution >= 4 is 0 Å². The van der Waals surface area contributed by atoms with E-state index in [0.29, 0.717) is 0 Å². The summed E-state index contributed by atoms with van der Waals surface area (Å²) in [5.41, 5.74) is 4.61. The molecule has 96 valence electrons. The molecule has 0 N–H and O–H groups in total. The van der Waals surface area contributed by atoms with Crippen LogP contribution in [0.5, 0.6) is 0 Å². The maximum absolute atomic E-state index is 2.69. The fourth-order valence-corrected chi connectivity index (χ4v) is 3.48. The molecular weight excluding hydrogens is 230 g/mol. The molecule has 0 radical (unpaired) electrons. The summed E-state index contributed by atoms with van der Waals surface area (Å²) in [5.74, 6) is 0. The van der Waals surface area contributed by atoms with Crippen LogP contribution in [-0.2, 0) is 19.3 Å². The van der Waals surface area contributed by atoms with Gasteiger partial charge >= 0.3 is 0 Å². The van der Waals surface area contributed by atoms with Gasteiger partial charge in [0, 0.05) is 18.6 Å². The largest absolute Gasteiger partial charge is 0.294 e. The van der Waals surface area contributed by atoms with E-state index in [1.807, 2.05) is 0 Å². The van der Waals surface area contributed by atoms with E-state index in [1.165, 1.54) is 31.4 Å². The van der Waals surface area contributed by atoms with Gasteiger partial charge in [0.25, 0.3) is 0 Å². The Morgan fingerprint density at radius 2 is 1.47 bits per heavy atom. The van der Waals surface area contributed by atoms with Gasteiger partial charge in [-0.2, -0.15) is 0 Å². The molecule has 1 heteroatoms. The smallest absolute Gasteiger partial charge is 0.0267 e. The quantitative estimate of drug-likeness (QED) is 0.755. The van der Waals surface area contributed by atoms with Gasteiger partial charge in [-0.1, -0.05) is 54.6 Å². The van der Waals surface area contributed by atoms with Crippen molar-refractivity contribution in [2.75, 3.05) is 6.54 Å². The summed E-state index contributed by atoms with van der Waals surface area (Å²) in [6, 6.07) is 21.4. The van der Waals surface area contributed by atoms with Crippen molar-refractivity contribution in [1.82, 2.24) is 4.90 Å². The van der Waals surface area contributed by atoms with E-state index in [0.717, 1.165) is 12.1 Å². The molecule has 2 aromatic carbocycles. The van der Waals surface area contributed by atoms with E-state index in [-0.39, 0.29) is 0 Å². The van der Waals surface area contributed by atoms with Crippen LogP contribution < -0.4 is 0 Å². The Bertz CT molecular complexity index is 550. The summed E-state index contributed by atoms with van der Waals surface area (Å²) in [7, 11) is 0. The zero-order valence-corrected chi connectivity index (χ0v) is 11.1. The highest BCUT2D eigenvalue weighted by Gasteiger charge is 2.41. The van der Waals surface area contributed by atoms with Gasteiger partial charge in [0.05, 0.1) is 0 Å². The van der Waals surface area contributed by atoms with Crippen LogP contribution in [-0.4, -0.2) is 23.5 Å². The third kappa shape index (κ3) is 2.19. The normalized spacial score (nSPS) is 25.3. The molecule has 0 spiro atoms. The zero-order chi connectivity index (χ0) is 12.7. The van der Waals surface area contributed by atoms with Crippen LogP contribution in [0.3, 0.4) is 0 Å². The average Bonchev–Trinajstić information content (AvgIpc) is 3.08. The molecule has 4 rings (SSSR count). The minimum atomic E-state index is 0.756. The third-order valence-corrected chi connectivity index (χ3v) is 4.57. The van der Waals surface area contributed by atoms with Crippen molar-refractivity contribution in [2.45, 2.75) is 31.3 Å². The molecule has 2 atom stereocenters. The van der Waals surface area contributed by atoms with Gasteiger partial charge in [0.1, 0.15) is 0 Å². The lowest BCUT2D eigenvalue weighted by Crippen LogP contribution is -2.21. The molecule has 19 heavy (non-hydrogen) atoms. The lowest BCUT2D eigenvalue weighted by Gasteiger charge is -2.11. The summed E-state index contributed by atoms with van der Waals surface area (Å²) in [6.07, 6.45) is 3.72. The maximum Gasteiger partial charge on any atom is 0.0267 e. The molecule has 0 bridgehead atoms. The second kappa shape index (κ2) is 4.50. The van der Waals surface area contributed by atoms with Crippen molar-refractivity contribution < 1.29 is 0 Å². The highest BCUT2D eigenvalue weighted by atomic mass is 15.3. The van der Waals surface area contributed by atoms with Gasteiger partial charge < -0.3 is 0 Å². The SMILES string of the molecule is c1ccc(C[C@@H]2CN2C2Cc3ccccc3C2)cc1. The molecule has 0 saturated carbocycles. The lowest BCUT2D eigenvalue weighted by atomic mass is 10.1. The van der Waals surface area contributed by atoms with Gasteiger partial charge in [-0.15, -0.1) is 0 Å². The van der Waals surface area contributed by atoms with Gasteiger partial charge in [-0.05, 0) is 36.0 Å². The highest BCUT2D eigenvalue weighted by Crippen LogP contribution is 2.33. The van der Waals surface area contributed by atoms with Crippen molar-refractivity contribution in [2.24, 2.45) is 0 Å². The minimum absolute atomic E-state index is 0.756. The Morgan fingerprint density at radius 3 is 2.16 bits per heavy atom. The van der Waals surface area contributed by atoms with Crippen LogP contribution in [0.25, 0.3) is 0 Å². The molecule has 1 saturated heterocycles. The van der Waals surface area contributed by atoms with Crippen LogP contribution in [0.2, 0.25) is 0 Å². The molecular formula is C18H19N. The summed E-state index contributed by atoms with van der Waals surface area (Å²) in [5, 5.41) is 0. The summed E-state index contributed by atoms with van der Waals surface area (Å²) in [4.78, 5) is 2.69. The number of rotatable bonds is 3. The van der Waals surface area contributed by atoms with E-state index in [4.69, 9.17) is 0 Å². The molecule has 1 aliphatic carbocycles. The molecule has 1 fully saturated rings. The van der Waals surface area contributed by atoms with Gasteiger partial charge in [-0.3, -0.25) is 4.90 Å². The number of nitrogens with zero attached hydrogens (tertiary/aromatic N) is 1. The fraction of sp³-hybridized carbons (Fsp3) is 0.333. The molecule has 2 aromatic rings. The Hall–Kier alpha value is -1.60. The van der Waals surface area contributed by atoms with Crippen molar-refractivity contribution in [3.63, 3.8) is 0 Å². The van der Waals surface area contributed by atoms with Crippen molar-refractivity contribution in [3.05, 3.63) is 71.3 Å². The first-order valence-electron chi connectivity index (χ1n) is 7.26. The van der Waals surface area contributed by atoms with Gasteiger partial charge in [0.2, 0.25) is 0 Å². The van der Waals surface area contributed by atoms with Gasteiger partial charge in [-0.25, -0.2) is 0 Å².